The number of aromatic nitrogens is 2. The van der Waals surface area contributed by atoms with Gasteiger partial charge < -0.3 is 5.32 Å². The summed E-state index contributed by atoms with van der Waals surface area (Å²) in [5.74, 6) is 0.742. The van der Waals surface area contributed by atoms with Crippen LogP contribution in [0.2, 0.25) is 5.02 Å². The van der Waals surface area contributed by atoms with E-state index in [-0.39, 0.29) is 11.6 Å². The lowest BCUT2D eigenvalue weighted by Gasteiger charge is -2.17. The van der Waals surface area contributed by atoms with Crippen LogP contribution in [0.3, 0.4) is 0 Å². The smallest absolute Gasteiger partial charge is 0.261 e. The zero-order valence-electron chi connectivity index (χ0n) is 12.8. The maximum absolute atomic E-state index is 12.4. The van der Waals surface area contributed by atoms with Crippen molar-refractivity contribution in [2.75, 3.05) is 6.54 Å². The number of hydrogen-bond acceptors (Lipinski definition) is 3. The summed E-state index contributed by atoms with van der Waals surface area (Å²) < 4.78 is 1.62. The van der Waals surface area contributed by atoms with Crippen LogP contribution in [-0.2, 0) is 7.05 Å². The zero-order valence-corrected chi connectivity index (χ0v) is 13.6. The number of unbranched alkanes of at least 4 members (excludes halogenated alkanes) is 2. The van der Waals surface area contributed by atoms with Crippen LogP contribution in [0.5, 0.6) is 0 Å². The summed E-state index contributed by atoms with van der Waals surface area (Å²) in [6, 6.07) is 5.23. The van der Waals surface area contributed by atoms with Crippen LogP contribution < -0.4 is 10.9 Å². The maximum Gasteiger partial charge on any atom is 0.261 e. The molecule has 4 nitrogen and oxygen atoms in total. The van der Waals surface area contributed by atoms with Crippen LogP contribution in [0.1, 0.15) is 45.0 Å². The van der Waals surface area contributed by atoms with Crippen LogP contribution in [0, 0.1) is 0 Å². The van der Waals surface area contributed by atoms with Gasteiger partial charge in [-0.15, -0.1) is 0 Å². The van der Waals surface area contributed by atoms with E-state index in [1.165, 1.54) is 12.8 Å². The van der Waals surface area contributed by atoms with Crippen molar-refractivity contribution < 1.29 is 0 Å². The fourth-order valence-electron chi connectivity index (χ4n) is 2.43. The van der Waals surface area contributed by atoms with E-state index in [1.54, 1.807) is 29.8 Å². The van der Waals surface area contributed by atoms with Gasteiger partial charge in [-0.05, 0) is 38.1 Å². The number of halogens is 1. The lowest BCUT2D eigenvalue weighted by Crippen LogP contribution is -2.29. The summed E-state index contributed by atoms with van der Waals surface area (Å²) in [6.45, 7) is 5.14. The molecule has 0 fully saturated rings. The second-order valence-corrected chi connectivity index (χ2v) is 5.81. The van der Waals surface area contributed by atoms with Gasteiger partial charge in [0.05, 0.1) is 16.9 Å². The van der Waals surface area contributed by atoms with Gasteiger partial charge in [0, 0.05) is 12.1 Å². The molecule has 0 radical (unpaired) electrons. The molecule has 2 rings (SSSR count). The van der Waals surface area contributed by atoms with E-state index in [2.05, 4.69) is 17.2 Å². The van der Waals surface area contributed by atoms with Gasteiger partial charge in [-0.25, -0.2) is 4.98 Å². The molecule has 1 atom stereocenters. The van der Waals surface area contributed by atoms with Gasteiger partial charge in [-0.2, -0.15) is 0 Å². The zero-order chi connectivity index (χ0) is 15.4. The van der Waals surface area contributed by atoms with Crippen molar-refractivity contribution in [3.8, 4) is 0 Å². The van der Waals surface area contributed by atoms with E-state index in [4.69, 9.17) is 11.6 Å². The molecular weight excluding hydrogens is 286 g/mol. The highest BCUT2D eigenvalue weighted by Crippen LogP contribution is 2.17. The molecule has 0 aliphatic carbocycles. The lowest BCUT2D eigenvalue weighted by molar-refractivity contribution is 0.504. The Bertz CT molecular complexity index is 681. The Morgan fingerprint density at radius 3 is 2.86 bits per heavy atom. The number of nitrogens with one attached hydrogen (secondary N) is 1. The number of benzene rings is 1. The summed E-state index contributed by atoms with van der Waals surface area (Å²) in [7, 11) is 1.77. The van der Waals surface area contributed by atoms with Crippen molar-refractivity contribution >= 4 is 22.5 Å². The monoisotopic (exact) mass is 307 g/mol. The van der Waals surface area contributed by atoms with E-state index < -0.39 is 0 Å². The Labute approximate surface area is 130 Å². The molecule has 0 bridgehead atoms. The first kappa shape index (κ1) is 16.0. The molecule has 0 aliphatic heterocycles. The fraction of sp³-hybridized carbons (Fsp3) is 0.500. The third-order valence-corrected chi connectivity index (χ3v) is 3.93. The summed E-state index contributed by atoms with van der Waals surface area (Å²) in [5.41, 5.74) is 0.622. The molecule has 2 aromatic rings. The predicted octanol–water partition coefficient (Wildman–Crippen LogP) is 3.43. The van der Waals surface area contributed by atoms with Gasteiger partial charge in [0.2, 0.25) is 0 Å². The molecule has 1 unspecified atom stereocenters. The molecule has 0 spiro atoms. The highest BCUT2D eigenvalue weighted by molar-refractivity contribution is 6.31. The first-order valence-electron chi connectivity index (χ1n) is 7.44. The summed E-state index contributed by atoms with van der Waals surface area (Å²) in [6.07, 6.45) is 3.54. The Morgan fingerprint density at radius 1 is 1.38 bits per heavy atom. The van der Waals surface area contributed by atoms with E-state index >= 15 is 0 Å². The lowest BCUT2D eigenvalue weighted by atomic mass is 10.2. The topological polar surface area (TPSA) is 46.9 Å². The van der Waals surface area contributed by atoms with Crippen LogP contribution in [-0.4, -0.2) is 16.1 Å². The molecule has 0 aliphatic rings. The van der Waals surface area contributed by atoms with Crippen molar-refractivity contribution in [1.29, 1.82) is 0 Å². The standard InChI is InChI=1S/C16H22ClN3O/c1-4-5-6-9-18-11(2)15-19-14-10-12(17)7-8-13(14)16(21)20(15)3/h7-8,10-11,18H,4-6,9H2,1-3H3. The Balaban J connectivity index is 2.31. The minimum atomic E-state index is -0.0334. The highest BCUT2D eigenvalue weighted by Gasteiger charge is 2.14. The molecule has 1 heterocycles. The highest BCUT2D eigenvalue weighted by atomic mass is 35.5. The van der Waals surface area contributed by atoms with Crippen molar-refractivity contribution in [3.63, 3.8) is 0 Å². The van der Waals surface area contributed by atoms with Crippen LogP contribution in [0.4, 0.5) is 0 Å². The van der Waals surface area contributed by atoms with Crippen LogP contribution in [0.25, 0.3) is 10.9 Å². The number of rotatable bonds is 6. The van der Waals surface area contributed by atoms with Crippen molar-refractivity contribution in [2.24, 2.45) is 7.05 Å². The largest absolute Gasteiger partial charge is 0.308 e. The molecule has 1 aromatic heterocycles. The fourth-order valence-corrected chi connectivity index (χ4v) is 2.60. The SMILES string of the molecule is CCCCCNC(C)c1nc2cc(Cl)ccc2c(=O)n1C. The summed E-state index contributed by atoms with van der Waals surface area (Å²) >= 11 is 6.00. The third-order valence-electron chi connectivity index (χ3n) is 3.69. The van der Waals surface area contributed by atoms with Crippen molar-refractivity contribution in [2.45, 2.75) is 39.2 Å². The number of nitrogens with zero attached hydrogens (tertiary/aromatic N) is 2. The summed E-state index contributed by atoms with van der Waals surface area (Å²) in [5, 5.41) is 4.62. The van der Waals surface area contributed by atoms with Crippen molar-refractivity contribution in [1.82, 2.24) is 14.9 Å². The molecule has 0 saturated heterocycles. The van der Waals surface area contributed by atoms with E-state index in [9.17, 15) is 4.79 Å². The Morgan fingerprint density at radius 2 is 2.14 bits per heavy atom. The quantitative estimate of drug-likeness (QED) is 0.832. The van der Waals surface area contributed by atoms with Gasteiger partial charge in [0.1, 0.15) is 5.82 Å². The molecule has 1 aromatic carbocycles. The first-order valence-corrected chi connectivity index (χ1v) is 7.82. The Hall–Kier alpha value is -1.39. The van der Waals surface area contributed by atoms with Gasteiger partial charge in [0.25, 0.3) is 5.56 Å². The minimum Gasteiger partial charge on any atom is -0.308 e. The second-order valence-electron chi connectivity index (χ2n) is 5.38. The average Bonchev–Trinajstić information content (AvgIpc) is 2.47. The molecule has 0 amide bonds. The van der Waals surface area contributed by atoms with Gasteiger partial charge >= 0.3 is 0 Å². The van der Waals surface area contributed by atoms with E-state index in [0.29, 0.717) is 15.9 Å². The van der Waals surface area contributed by atoms with Crippen molar-refractivity contribution in [3.05, 3.63) is 39.4 Å². The summed E-state index contributed by atoms with van der Waals surface area (Å²) in [4.78, 5) is 17.0. The van der Waals surface area contributed by atoms with Gasteiger partial charge in [-0.3, -0.25) is 9.36 Å². The van der Waals surface area contributed by atoms with Gasteiger partial charge in [0.15, 0.2) is 0 Å². The Kier molecular flexibility index (Phi) is 5.37. The molecule has 21 heavy (non-hydrogen) atoms. The number of fused-ring (bicyclic) bond motifs is 1. The molecule has 5 heteroatoms. The second kappa shape index (κ2) is 7.05. The molecule has 0 saturated carbocycles. The molecular formula is C16H22ClN3O. The number of hydrogen-bond donors (Lipinski definition) is 1. The average molecular weight is 308 g/mol. The van der Waals surface area contributed by atoms with E-state index in [1.807, 2.05) is 6.92 Å². The van der Waals surface area contributed by atoms with Gasteiger partial charge in [-0.1, -0.05) is 31.4 Å². The maximum atomic E-state index is 12.4. The normalized spacial score (nSPS) is 12.8. The molecule has 1 N–H and O–H groups in total. The molecule has 114 valence electrons. The van der Waals surface area contributed by atoms with Crippen LogP contribution in [0.15, 0.2) is 23.0 Å². The predicted molar refractivity (Wildman–Crippen MR) is 87.9 cm³/mol. The van der Waals surface area contributed by atoms with E-state index in [0.717, 1.165) is 18.8 Å². The first-order chi connectivity index (χ1) is 10.0. The van der Waals surface area contributed by atoms with Crippen LogP contribution >= 0.6 is 11.6 Å². The third kappa shape index (κ3) is 3.63. The minimum absolute atomic E-state index is 0.0305.